The van der Waals surface area contributed by atoms with Crippen molar-refractivity contribution in [2.45, 2.75) is 53.4 Å². The first-order valence-electron chi connectivity index (χ1n) is 7.13. The second-order valence-corrected chi connectivity index (χ2v) is 6.31. The minimum Gasteiger partial charge on any atom is -0.0622 e. The third kappa shape index (κ3) is 2.27. The first-order chi connectivity index (χ1) is 8.06. The minimum atomic E-state index is 0.541. The molecule has 1 aromatic carbocycles. The van der Waals surface area contributed by atoms with Gasteiger partial charge in [0.15, 0.2) is 0 Å². The van der Waals surface area contributed by atoms with Crippen molar-refractivity contribution in [3.63, 3.8) is 0 Å². The van der Waals surface area contributed by atoms with Gasteiger partial charge in [0.1, 0.15) is 0 Å². The highest BCUT2D eigenvalue weighted by Crippen LogP contribution is 2.46. The fourth-order valence-corrected chi connectivity index (χ4v) is 3.73. The van der Waals surface area contributed by atoms with Gasteiger partial charge in [-0.05, 0) is 54.1 Å². The number of benzene rings is 1. The second kappa shape index (κ2) is 4.84. The van der Waals surface area contributed by atoms with E-state index in [0.29, 0.717) is 5.41 Å². The van der Waals surface area contributed by atoms with Gasteiger partial charge in [-0.15, -0.1) is 0 Å². The maximum Gasteiger partial charge on any atom is -0.0245 e. The third-order valence-corrected chi connectivity index (χ3v) is 5.14. The van der Waals surface area contributed by atoms with Crippen LogP contribution < -0.4 is 0 Å². The molecule has 1 aliphatic carbocycles. The van der Waals surface area contributed by atoms with E-state index in [-0.39, 0.29) is 0 Å². The minimum absolute atomic E-state index is 0.541. The van der Waals surface area contributed by atoms with Crippen molar-refractivity contribution < 1.29 is 0 Å². The highest BCUT2D eigenvalue weighted by atomic mass is 14.4. The molecule has 0 nitrogen and oxygen atoms in total. The Bertz CT molecular complexity index is 336. The van der Waals surface area contributed by atoms with E-state index in [2.05, 4.69) is 52.0 Å². The van der Waals surface area contributed by atoms with Gasteiger partial charge < -0.3 is 0 Å². The molecule has 0 heterocycles. The maximum absolute atomic E-state index is 2.41. The molecule has 0 heteroatoms. The van der Waals surface area contributed by atoms with E-state index in [0.717, 1.165) is 11.8 Å². The number of hydrogen-bond donors (Lipinski definition) is 0. The summed E-state index contributed by atoms with van der Waals surface area (Å²) in [7, 11) is 0. The van der Waals surface area contributed by atoms with E-state index >= 15 is 0 Å². The Balaban J connectivity index is 2.28. The number of rotatable bonds is 2. The Morgan fingerprint density at radius 1 is 0.824 bits per heavy atom. The van der Waals surface area contributed by atoms with E-state index < -0.39 is 0 Å². The summed E-state index contributed by atoms with van der Waals surface area (Å²) in [5, 5.41) is 0. The van der Waals surface area contributed by atoms with E-state index in [1.54, 1.807) is 11.1 Å². The van der Waals surface area contributed by atoms with Crippen molar-refractivity contribution >= 4 is 0 Å². The second-order valence-electron chi connectivity index (χ2n) is 6.31. The predicted octanol–water partition coefficient (Wildman–Crippen LogP) is 4.86. The first kappa shape index (κ1) is 12.7. The highest BCUT2D eigenvalue weighted by molar-refractivity contribution is 5.29. The van der Waals surface area contributed by atoms with Crippen molar-refractivity contribution in [1.29, 1.82) is 0 Å². The molecule has 1 aromatic rings. The van der Waals surface area contributed by atoms with Crippen LogP contribution in [0.15, 0.2) is 24.3 Å². The Kier molecular flexibility index (Phi) is 3.61. The number of fused-ring (bicyclic) bond motifs is 1. The van der Waals surface area contributed by atoms with Crippen LogP contribution in [-0.2, 0) is 12.8 Å². The van der Waals surface area contributed by atoms with Gasteiger partial charge in [-0.25, -0.2) is 0 Å². The van der Waals surface area contributed by atoms with Crippen molar-refractivity contribution in [1.82, 2.24) is 0 Å². The Hall–Kier alpha value is -0.780. The molecule has 0 saturated heterocycles. The van der Waals surface area contributed by atoms with Gasteiger partial charge in [0.25, 0.3) is 0 Å². The molecule has 0 amide bonds. The molecule has 0 unspecified atom stereocenters. The molecular weight excluding hydrogens is 204 g/mol. The molecule has 0 fully saturated rings. The lowest BCUT2D eigenvalue weighted by Crippen LogP contribution is -2.33. The SMILES string of the molecule is CC(C)C1(C(C)C)CCc2ccccc2CC1. The standard InChI is InChI=1S/C17H26/c1-13(2)17(14(3)4)11-9-15-7-5-6-8-16(15)10-12-17/h5-8,13-14H,9-12H2,1-4H3. The summed E-state index contributed by atoms with van der Waals surface area (Å²) in [4.78, 5) is 0. The maximum atomic E-state index is 2.41. The van der Waals surface area contributed by atoms with Gasteiger partial charge in [-0.3, -0.25) is 0 Å². The average Bonchev–Trinajstić information content (AvgIpc) is 2.49. The normalized spacial score (nSPS) is 19.2. The largest absolute Gasteiger partial charge is 0.0622 e. The molecule has 94 valence electrons. The van der Waals surface area contributed by atoms with Crippen LogP contribution >= 0.6 is 0 Å². The van der Waals surface area contributed by atoms with Crippen LogP contribution in [0.4, 0.5) is 0 Å². The van der Waals surface area contributed by atoms with Crippen molar-refractivity contribution in [3.05, 3.63) is 35.4 Å². The fraction of sp³-hybridized carbons (Fsp3) is 0.647. The Morgan fingerprint density at radius 3 is 1.59 bits per heavy atom. The van der Waals surface area contributed by atoms with Crippen LogP contribution in [0.3, 0.4) is 0 Å². The third-order valence-electron chi connectivity index (χ3n) is 5.14. The molecule has 17 heavy (non-hydrogen) atoms. The molecule has 0 aromatic heterocycles. The molecule has 0 N–H and O–H groups in total. The van der Waals surface area contributed by atoms with E-state index in [1.807, 2.05) is 0 Å². The fourth-order valence-electron chi connectivity index (χ4n) is 3.73. The molecule has 0 spiro atoms. The lowest BCUT2D eigenvalue weighted by Gasteiger charge is -2.41. The lowest BCUT2D eigenvalue weighted by atomic mass is 9.64. The van der Waals surface area contributed by atoms with Gasteiger partial charge >= 0.3 is 0 Å². The van der Waals surface area contributed by atoms with Gasteiger partial charge in [0.05, 0.1) is 0 Å². The Labute approximate surface area is 106 Å². The van der Waals surface area contributed by atoms with Gasteiger partial charge in [0.2, 0.25) is 0 Å². The summed E-state index contributed by atoms with van der Waals surface area (Å²) in [6, 6.07) is 9.03. The number of aryl methyl sites for hydroxylation is 2. The monoisotopic (exact) mass is 230 g/mol. The molecular formula is C17H26. The van der Waals surface area contributed by atoms with E-state index in [9.17, 15) is 0 Å². The topological polar surface area (TPSA) is 0 Å². The first-order valence-corrected chi connectivity index (χ1v) is 7.13. The van der Waals surface area contributed by atoms with E-state index in [4.69, 9.17) is 0 Å². The molecule has 0 atom stereocenters. The number of hydrogen-bond acceptors (Lipinski definition) is 0. The van der Waals surface area contributed by atoms with Gasteiger partial charge in [-0.1, -0.05) is 52.0 Å². The van der Waals surface area contributed by atoms with Crippen LogP contribution in [0, 0.1) is 17.3 Å². The zero-order valence-corrected chi connectivity index (χ0v) is 11.8. The van der Waals surface area contributed by atoms with Crippen molar-refractivity contribution in [3.8, 4) is 0 Å². The van der Waals surface area contributed by atoms with Crippen molar-refractivity contribution in [2.75, 3.05) is 0 Å². The molecule has 1 aliphatic rings. The van der Waals surface area contributed by atoms with Crippen LogP contribution in [0.5, 0.6) is 0 Å². The van der Waals surface area contributed by atoms with E-state index in [1.165, 1.54) is 25.7 Å². The van der Waals surface area contributed by atoms with Gasteiger partial charge in [-0.2, -0.15) is 0 Å². The van der Waals surface area contributed by atoms with Gasteiger partial charge in [0, 0.05) is 0 Å². The zero-order chi connectivity index (χ0) is 12.5. The molecule has 0 radical (unpaired) electrons. The quantitative estimate of drug-likeness (QED) is 0.636. The summed E-state index contributed by atoms with van der Waals surface area (Å²) >= 11 is 0. The van der Waals surface area contributed by atoms with Crippen LogP contribution in [0.25, 0.3) is 0 Å². The molecule has 0 aliphatic heterocycles. The predicted molar refractivity (Wildman–Crippen MR) is 75.2 cm³/mol. The van der Waals surface area contributed by atoms with Crippen LogP contribution in [0.1, 0.15) is 51.7 Å². The zero-order valence-electron chi connectivity index (χ0n) is 11.8. The van der Waals surface area contributed by atoms with Crippen molar-refractivity contribution in [2.24, 2.45) is 17.3 Å². The molecule has 2 rings (SSSR count). The lowest BCUT2D eigenvalue weighted by molar-refractivity contribution is 0.0897. The summed E-state index contributed by atoms with van der Waals surface area (Å²) in [6.45, 7) is 9.65. The molecule has 0 saturated carbocycles. The smallest absolute Gasteiger partial charge is 0.0245 e. The summed E-state index contributed by atoms with van der Waals surface area (Å²) in [5.74, 6) is 1.58. The van der Waals surface area contributed by atoms with Crippen LogP contribution in [-0.4, -0.2) is 0 Å². The highest BCUT2D eigenvalue weighted by Gasteiger charge is 2.37. The average molecular weight is 230 g/mol. The Morgan fingerprint density at radius 2 is 1.24 bits per heavy atom. The summed E-state index contributed by atoms with van der Waals surface area (Å²) in [6.07, 6.45) is 5.26. The van der Waals surface area contributed by atoms with Crippen LogP contribution in [0.2, 0.25) is 0 Å². The summed E-state index contributed by atoms with van der Waals surface area (Å²) in [5.41, 5.74) is 3.73. The molecule has 0 bridgehead atoms. The summed E-state index contributed by atoms with van der Waals surface area (Å²) < 4.78 is 0.